The molecule has 1 aliphatic heterocycles. The van der Waals surface area contributed by atoms with Gasteiger partial charge in [0.1, 0.15) is 16.0 Å². The van der Waals surface area contributed by atoms with E-state index in [1.807, 2.05) is 6.07 Å². The Morgan fingerprint density at radius 3 is 2.86 bits per heavy atom. The molecule has 29 heavy (non-hydrogen) atoms. The zero-order valence-corrected chi connectivity index (χ0v) is 17.1. The molecule has 4 rings (SSSR count). The first kappa shape index (κ1) is 19.6. The minimum atomic E-state index is -3.72. The molecule has 1 aromatic carbocycles. The van der Waals surface area contributed by atoms with Crippen molar-refractivity contribution in [2.45, 2.75) is 23.1 Å². The van der Waals surface area contributed by atoms with Gasteiger partial charge in [-0.2, -0.15) is 4.31 Å². The van der Waals surface area contributed by atoms with Crippen LogP contribution < -0.4 is 10.1 Å². The second-order valence-electron chi connectivity index (χ2n) is 6.31. The standard InChI is InChI=1S/C18H18N4O5S2/c1-26-14-8-3-2-6-12(14)17-20-21-18(27-17)19-16(23)13-7-4-10-22(13)29(24,25)15-9-5-11-28-15/h2-3,5-6,8-9,11,13H,4,7,10H2,1H3,(H,19,21,23)/t13-/m0/s1. The topological polar surface area (TPSA) is 115 Å². The smallest absolute Gasteiger partial charge is 0.322 e. The van der Waals surface area contributed by atoms with Gasteiger partial charge < -0.3 is 9.15 Å². The first-order chi connectivity index (χ1) is 14.0. The van der Waals surface area contributed by atoms with Gasteiger partial charge in [0.15, 0.2) is 0 Å². The minimum absolute atomic E-state index is 0.101. The summed E-state index contributed by atoms with van der Waals surface area (Å²) in [5, 5.41) is 12.0. The number of nitrogens with zero attached hydrogens (tertiary/aromatic N) is 3. The third-order valence-corrected chi connectivity index (χ3v) is 7.84. The lowest BCUT2D eigenvalue weighted by molar-refractivity contribution is -0.119. The van der Waals surface area contributed by atoms with Crippen molar-refractivity contribution in [2.75, 3.05) is 19.0 Å². The van der Waals surface area contributed by atoms with Crippen LogP contribution in [0.3, 0.4) is 0 Å². The fourth-order valence-corrected chi connectivity index (χ4v) is 5.98. The first-order valence-electron chi connectivity index (χ1n) is 8.84. The van der Waals surface area contributed by atoms with Gasteiger partial charge in [-0.3, -0.25) is 10.1 Å². The quantitative estimate of drug-likeness (QED) is 0.634. The van der Waals surface area contributed by atoms with Crippen LogP contribution in [0.25, 0.3) is 11.5 Å². The number of carbonyl (C=O) groups excluding carboxylic acids is 1. The molecule has 0 unspecified atom stereocenters. The van der Waals surface area contributed by atoms with Crippen LogP contribution in [0.4, 0.5) is 6.01 Å². The Kier molecular flexibility index (Phi) is 5.35. The van der Waals surface area contributed by atoms with Gasteiger partial charge >= 0.3 is 6.01 Å². The fraction of sp³-hybridized carbons (Fsp3) is 0.278. The third-order valence-electron chi connectivity index (χ3n) is 4.56. The number of benzene rings is 1. The van der Waals surface area contributed by atoms with Crippen molar-refractivity contribution in [2.24, 2.45) is 0 Å². The van der Waals surface area contributed by atoms with E-state index in [-0.39, 0.29) is 22.7 Å². The number of ether oxygens (including phenoxy) is 1. The molecule has 1 fully saturated rings. The third kappa shape index (κ3) is 3.76. The van der Waals surface area contributed by atoms with Crippen molar-refractivity contribution >= 4 is 33.3 Å². The molecule has 0 spiro atoms. The highest BCUT2D eigenvalue weighted by Gasteiger charge is 2.40. The van der Waals surface area contributed by atoms with E-state index in [0.717, 1.165) is 11.3 Å². The molecule has 9 nitrogen and oxygen atoms in total. The molecule has 0 bridgehead atoms. The number of para-hydroxylation sites is 1. The highest BCUT2D eigenvalue weighted by molar-refractivity contribution is 7.91. The van der Waals surface area contributed by atoms with Crippen LogP contribution in [0.1, 0.15) is 12.8 Å². The second-order valence-corrected chi connectivity index (χ2v) is 9.37. The number of rotatable bonds is 6. The molecular weight excluding hydrogens is 416 g/mol. The molecule has 0 radical (unpaired) electrons. The zero-order valence-electron chi connectivity index (χ0n) is 15.4. The SMILES string of the molecule is COc1ccccc1-c1nnc(NC(=O)[C@@H]2CCCN2S(=O)(=O)c2cccs2)o1. The largest absolute Gasteiger partial charge is 0.496 e. The summed E-state index contributed by atoms with van der Waals surface area (Å²) in [5.41, 5.74) is 0.589. The van der Waals surface area contributed by atoms with E-state index in [9.17, 15) is 13.2 Å². The number of thiophene rings is 1. The van der Waals surface area contributed by atoms with E-state index in [1.165, 1.54) is 17.5 Å². The van der Waals surface area contributed by atoms with Gasteiger partial charge in [0.25, 0.3) is 15.9 Å². The van der Waals surface area contributed by atoms with Crippen molar-refractivity contribution in [3.63, 3.8) is 0 Å². The molecule has 1 atom stereocenters. The monoisotopic (exact) mass is 434 g/mol. The lowest BCUT2D eigenvalue weighted by Crippen LogP contribution is -2.42. The Bertz CT molecular complexity index is 1110. The predicted molar refractivity (Wildman–Crippen MR) is 106 cm³/mol. The van der Waals surface area contributed by atoms with Gasteiger partial charge in [0, 0.05) is 6.54 Å². The highest BCUT2D eigenvalue weighted by atomic mass is 32.2. The number of sulfonamides is 1. The predicted octanol–water partition coefficient (Wildman–Crippen LogP) is 2.60. The van der Waals surface area contributed by atoms with Crippen molar-refractivity contribution in [1.82, 2.24) is 14.5 Å². The Balaban J connectivity index is 1.52. The number of hydrogen-bond donors (Lipinski definition) is 1. The van der Waals surface area contributed by atoms with Crippen molar-refractivity contribution in [3.05, 3.63) is 41.8 Å². The number of amides is 1. The van der Waals surface area contributed by atoms with E-state index in [1.54, 1.807) is 29.6 Å². The van der Waals surface area contributed by atoms with Crippen LogP contribution >= 0.6 is 11.3 Å². The fourth-order valence-electron chi connectivity index (χ4n) is 3.21. The van der Waals surface area contributed by atoms with Gasteiger partial charge in [-0.1, -0.05) is 23.3 Å². The summed E-state index contributed by atoms with van der Waals surface area (Å²) in [4.78, 5) is 12.7. The molecule has 1 N–H and O–H groups in total. The normalized spacial score (nSPS) is 17.3. The molecule has 2 aromatic heterocycles. The van der Waals surface area contributed by atoms with Gasteiger partial charge in [-0.25, -0.2) is 8.42 Å². The number of methoxy groups -OCH3 is 1. The molecule has 152 valence electrons. The van der Waals surface area contributed by atoms with E-state index < -0.39 is 22.0 Å². The maximum Gasteiger partial charge on any atom is 0.322 e. The first-order valence-corrected chi connectivity index (χ1v) is 11.2. The molecule has 3 aromatic rings. The number of anilines is 1. The molecule has 11 heteroatoms. The summed E-state index contributed by atoms with van der Waals surface area (Å²) in [7, 11) is -2.19. The summed E-state index contributed by atoms with van der Waals surface area (Å²) >= 11 is 1.12. The molecule has 1 amide bonds. The van der Waals surface area contributed by atoms with Crippen LogP contribution in [0, 0.1) is 0 Å². The lowest BCUT2D eigenvalue weighted by atomic mass is 10.2. The second kappa shape index (κ2) is 7.93. The number of nitrogens with one attached hydrogen (secondary N) is 1. The summed E-state index contributed by atoms with van der Waals surface area (Å²) in [6, 6.07) is 9.38. The van der Waals surface area contributed by atoms with E-state index in [0.29, 0.717) is 24.2 Å². The van der Waals surface area contributed by atoms with Crippen molar-refractivity contribution in [1.29, 1.82) is 0 Å². The Morgan fingerprint density at radius 2 is 2.10 bits per heavy atom. The number of hydrogen-bond acceptors (Lipinski definition) is 8. The van der Waals surface area contributed by atoms with Crippen molar-refractivity contribution < 1.29 is 22.4 Å². The van der Waals surface area contributed by atoms with E-state index in [4.69, 9.17) is 9.15 Å². The molecule has 0 aliphatic carbocycles. The van der Waals surface area contributed by atoms with Gasteiger partial charge in [0.05, 0.1) is 12.7 Å². The average Bonchev–Trinajstić information content (AvgIpc) is 3.49. The summed E-state index contributed by atoms with van der Waals surface area (Å²) in [6.07, 6.45) is 1.02. The van der Waals surface area contributed by atoms with Gasteiger partial charge in [0.2, 0.25) is 5.91 Å². The van der Waals surface area contributed by atoms with Crippen molar-refractivity contribution in [3.8, 4) is 17.2 Å². The summed E-state index contributed by atoms with van der Waals surface area (Å²) in [5.74, 6) is 0.239. The van der Waals surface area contributed by atoms with Crippen LogP contribution in [0.2, 0.25) is 0 Å². The Hall–Kier alpha value is -2.76. The highest BCUT2D eigenvalue weighted by Crippen LogP contribution is 2.31. The molecular formula is C18H18N4O5S2. The maximum atomic E-state index is 12.8. The van der Waals surface area contributed by atoms with E-state index in [2.05, 4.69) is 15.5 Å². The van der Waals surface area contributed by atoms with Gasteiger partial charge in [-0.15, -0.1) is 16.4 Å². The number of carbonyl (C=O) groups is 1. The van der Waals surface area contributed by atoms with Crippen LogP contribution in [0.5, 0.6) is 5.75 Å². The lowest BCUT2D eigenvalue weighted by Gasteiger charge is -2.21. The summed E-state index contributed by atoms with van der Waals surface area (Å²) in [6.45, 7) is 0.286. The minimum Gasteiger partial charge on any atom is -0.496 e. The van der Waals surface area contributed by atoms with Crippen LogP contribution in [0.15, 0.2) is 50.4 Å². The van der Waals surface area contributed by atoms with Crippen LogP contribution in [-0.4, -0.2) is 48.5 Å². The zero-order chi connectivity index (χ0) is 20.4. The number of aromatic nitrogens is 2. The van der Waals surface area contributed by atoms with E-state index >= 15 is 0 Å². The molecule has 1 saturated heterocycles. The molecule has 3 heterocycles. The Morgan fingerprint density at radius 1 is 1.28 bits per heavy atom. The molecule has 0 saturated carbocycles. The maximum absolute atomic E-state index is 12.8. The van der Waals surface area contributed by atoms with Crippen LogP contribution in [-0.2, 0) is 14.8 Å². The molecule has 1 aliphatic rings. The summed E-state index contributed by atoms with van der Waals surface area (Å²) < 4.78 is 37.9. The average molecular weight is 434 g/mol. The van der Waals surface area contributed by atoms with Gasteiger partial charge in [-0.05, 0) is 36.4 Å². The Labute approximate surface area is 171 Å².